The van der Waals surface area contributed by atoms with E-state index in [9.17, 15) is 13.5 Å². The van der Waals surface area contributed by atoms with Crippen molar-refractivity contribution in [2.45, 2.75) is 17.4 Å². The summed E-state index contributed by atoms with van der Waals surface area (Å²) in [5.74, 6) is 0. The van der Waals surface area contributed by atoms with Gasteiger partial charge < -0.3 is 15.9 Å². The lowest BCUT2D eigenvalue weighted by Gasteiger charge is -2.20. The molecular weight excluding hydrogens is 270 g/mol. The van der Waals surface area contributed by atoms with Crippen molar-refractivity contribution in [1.82, 2.24) is 4.72 Å². The van der Waals surface area contributed by atoms with Crippen LogP contribution in [0.15, 0.2) is 23.1 Å². The fourth-order valence-corrected chi connectivity index (χ4v) is 2.55. The number of benzene rings is 1. The van der Waals surface area contributed by atoms with E-state index in [2.05, 4.69) is 4.72 Å². The van der Waals surface area contributed by atoms with Gasteiger partial charge in [-0.25, -0.2) is 13.1 Å². The van der Waals surface area contributed by atoms with Gasteiger partial charge in [-0.1, -0.05) is 0 Å². The van der Waals surface area contributed by atoms with E-state index >= 15 is 0 Å². The SMILES string of the molecule is CC(O)(CO)CNS(=O)(=O)c1ccc(N)cc1C#N. The zero-order valence-electron chi connectivity index (χ0n) is 10.3. The molecule has 19 heavy (non-hydrogen) atoms. The molecule has 0 heterocycles. The van der Waals surface area contributed by atoms with Gasteiger partial charge in [0.05, 0.1) is 22.7 Å². The van der Waals surface area contributed by atoms with Gasteiger partial charge in [-0.2, -0.15) is 5.26 Å². The van der Waals surface area contributed by atoms with Crippen LogP contribution in [0.5, 0.6) is 0 Å². The number of rotatable bonds is 5. The highest BCUT2D eigenvalue weighted by atomic mass is 32.2. The maximum Gasteiger partial charge on any atom is 0.241 e. The molecule has 1 rings (SSSR count). The van der Waals surface area contributed by atoms with Crippen LogP contribution in [0, 0.1) is 11.3 Å². The first-order chi connectivity index (χ1) is 8.72. The minimum Gasteiger partial charge on any atom is -0.399 e. The maximum absolute atomic E-state index is 12.0. The van der Waals surface area contributed by atoms with Crippen LogP contribution in [-0.2, 0) is 10.0 Å². The highest BCUT2D eigenvalue weighted by Gasteiger charge is 2.25. The lowest BCUT2D eigenvalue weighted by Crippen LogP contribution is -2.43. The number of nitriles is 1. The Labute approximate surface area is 111 Å². The summed E-state index contributed by atoms with van der Waals surface area (Å²) in [6.07, 6.45) is 0. The standard InChI is InChI=1S/C11H15N3O4S/c1-11(16,7-15)6-14-19(17,18)10-3-2-9(13)4-8(10)5-12/h2-4,14-16H,6-7,13H2,1H3. The lowest BCUT2D eigenvalue weighted by atomic mass is 10.1. The summed E-state index contributed by atoms with van der Waals surface area (Å²) in [5, 5.41) is 27.3. The summed E-state index contributed by atoms with van der Waals surface area (Å²) in [7, 11) is -3.96. The van der Waals surface area contributed by atoms with Crippen LogP contribution < -0.4 is 10.5 Å². The quantitative estimate of drug-likeness (QED) is 0.521. The topological polar surface area (TPSA) is 136 Å². The minimum atomic E-state index is -3.96. The van der Waals surface area contributed by atoms with E-state index in [4.69, 9.17) is 16.1 Å². The van der Waals surface area contributed by atoms with Gasteiger partial charge in [0.2, 0.25) is 10.0 Å². The Morgan fingerprint density at radius 2 is 2.16 bits per heavy atom. The van der Waals surface area contributed by atoms with Gasteiger partial charge in [-0.3, -0.25) is 0 Å². The number of sulfonamides is 1. The Kier molecular flexibility index (Phi) is 4.49. The fourth-order valence-electron chi connectivity index (χ4n) is 1.25. The van der Waals surface area contributed by atoms with Crippen molar-refractivity contribution >= 4 is 15.7 Å². The lowest BCUT2D eigenvalue weighted by molar-refractivity contribution is 0.00681. The number of nitrogens with zero attached hydrogens (tertiary/aromatic N) is 1. The predicted molar refractivity (Wildman–Crippen MR) is 68.5 cm³/mol. The van der Waals surface area contributed by atoms with Crippen LogP contribution in [0.25, 0.3) is 0 Å². The smallest absolute Gasteiger partial charge is 0.241 e. The molecule has 0 saturated heterocycles. The summed E-state index contributed by atoms with van der Waals surface area (Å²) in [6.45, 7) is 0.313. The molecule has 104 valence electrons. The monoisotopic (exact) mass is 285 g/mol. The first-order valence-corrected chi connectivity index (χ1v) is 6.83. The average Bonchev–Trinajstić information content (AvgIpc) is 2.36. The van der Waals surface area contributed by atoms with Crippen molar-refractivity contribution in [3.05, 3.63) is 23.8 Å². The second-order valence-corrected chi connectivity index (χ2v) is 6.08. The first kappa shape index (κ1) is 15.4. The summed E-state index contributed by atoms with van der Waals surface area (Å²) in [5.41, 5.74) is 4.08. The molecule has 0 fully saturated rings. The average molecular weight is 285 g/mol. The third-order valence-electron chi connectivity index (χ3n) is 2.40. The number of nitrogens with one attached hydrogen (secondary N) is 1. The van der Waals surface area contributed by atoms with E-state index in [1.165, 1.54) is 25.1 Å². The Morgan fingerprint density at radius 3 is 2.68 bits per heavy atom. The summed E-state index contributed by atoms with van der Waals surface area (Å²) in [6, 6.07) is 5.56. The minimum absolute atomic E-state index is 0.0869. The molecule has 0 bridgehead atoms. The van der Waals surface area contributed by atoms with Crippen molar-refractivity contribution < 1.29 is 18.6 Å². The number of anilines is 1. The number of aliphatic hydroxyl groups excluding tert-OH is 1. The Morgan fingerprint density at radius 1 is 1.53 bits per heavy atom. The molecule has 0 aliphatic carbocycles. The molecule has 8 heteroatoms. The van der Waals surface area contributed by atoms with Crippen molar-refractivity contribution in [3.8, 4) is 6.07 Å². The highest BCUT2D eigenvalue weighted by molar-refractivity contribution is 7.89. The molecule has 0 radical (unpaired) electrons. The van der Waals surface area contributed by atoms with Crippen molar-refractivity contribution in [1.29, 1.82) is 5.26 Å². The Balaban J connectivity index is 3.06. The van der Waals surface area contributed by atoms with E-state index < -0.39 is 22.2 Å². The molecule has 0 amide bonds. The molecule has 0 aromatic heterocycles. The van der Waals surface area contributed by atoms with Crippen LogP contribution >= 0.6 is 0 Å². The van der Waals surface area contributed by atoms with Gasteiger partial charge in [-0.15, -0.1) is 0 Å². The normalized spacial score (nSPS) is 14.6. The van der Waals surface area contributed by atoms with E-state index in [1.807, 2.05) is 0 Å². The van der Waals surface area contributed by atoms with Crippen LogP contribution in [0.2, 0.25) is 0 Å². The molecule has 0 aliphatic heterocycles. The van der Waals surface area contributed by atoms with E-state index in [0.29, 0.717) is 0 Å². The van der Waals surface area contributed by atoms with E-state index in [-0.39, 0.29) is 22.7 Å². The summed E-state index contributed by atoms with van der Waals surface area (Å²) >= 11 is 0. The molecule has 0 saturated carbocycles. The molecule has 1 aromatic carbocycles. The third kappa shape index (κ3) is 3.90. The van der Waals surface area contributed by atoms with Gasteiger partial charge in [0.1, 0.15) is 6.07 Å². The maximum atomic E-state index is 12.0. The number of aliphatic hydroxyl groups is 2. The zero-order valence-corrected chi connectivity index (χ0v) is 11.1. The molecule has 1 aromatic rings. The third-order valence-corrected chi connectivity index (χ3v) is 3.86. The van der Waals surface area contributed by atoms with Crippen LogP contribution in [-0.4, -0.2) is 37.4 Å². The number of hydrogen-bond acceptors (Lipinski definition) is 6. The summed E-state index contributed by atoms with van der Waals surface area (Å²) < 4.78 is 26.1. The van der Waals surface area contributed by atoms with Gasteiger partial charge >= 0.3 is 0 Å². The predicted octanol–water partition coefficient (Wildman–Crippen LogP) is -0.838. The number of nitrogens with two attached hydrogens (primary N) is 1. The molecular formula is C11H15N3O4S. The molecule has 7 nitrogen and oxygen atoms in total. The van der Waals surface area contributed by atoms with Gasteiger partial charge in [-0.05, 0) is 25.1 Å². The fraction of sp³-hybridized carbons (Fsp3) is 0.364. The Hall–Kier alpha value is -1.66. The van der Waals surface area contributed by atoms with Crippen molar-refractivity contribution in [3.63, 3.8) is 0 Å². The van der Waals surface area contributed by atoms with E-state index in [1.54, 1.807) is 6.07 Å². The molecule has 0 spiro atoms. The second kappa shape index (κ2) is 5.54. The van der Waals surface area contributed by atoms with E-state index in [0.717, 1.165) is 0 Å². The van der Waals surface area contributed by atoms with Crippen molar-refractivity contribution in [2.24, 2.45) is 0 Å². The van der Waals surface area contributed by atoms with Crippen LogP contribution in [0.3, 0.4) is 0 Å². The second-order valence-electron chi connectivity index (χ2n) is 4.35. The molecule has 1 unspecified atom stereocenters. The van der Waals surface area contributed by atoms with Gasteiger partial charge in [0, 0.05) is 12.2 Å². The van der Waals surface area contributed by atoms with Gasteiger partial charge in [0.25, 0.3) is 0 Å². The van der Waals surface area contributed by atoms with Crippen molar-refractivity contribution in [2.75, 3.05) is 18.9 Å². The first-order valence-electron chi connectivity index (χ1n) is 5.34. The van der Waals surface area contributed by atoms with Crippen LogP contribution in [0.4, 0.5) is 5.69 Å². The number of nitrogen functional groups attached to an aromatic ring is 1. The Bertz CT molecular complexity index is 605. The van der Waals surface area contributed by atoms with Crippen LogP contribution in [0.1, 0.15) is 12.5 Å². The highest BCUT2D eigenvalue weighted by Crippen LogP contribution is 2.18. The summed E-state index contributed by atoms with van der Waals surface area (Å²) in [4.78, 5) is -0.224. The molecule has 5 N–H and O–H groups in total. The number of hydrogen-bond donors (Lipinski definition) is 4. The molecule has 0 aliphatic rings. The van der Waals surface area contributed by atoms with Gasteiger partial charge in [0.15, 0.2) is 0 Å². The largest absolute Gasteiger partial charge is 0.399 e. The molecule has 1 atom stereocenters. The zero-order chi connectivity index (χ0) is 14.7.